The van der Waals surface area contributed by atoms with Crippen molar-refractivity contribution in [3.8, 4) is 0 Å². The summed E-state index contributed by atoms with van der Waals surface area (Å²) in [5.41, 5.74) is 0. The summed E-state index contributed by atoms with van der Waals surface area (Å²) < 4.78 is 0. The summed E-state index contributed by atoms with van der Waals surface area (Å²) in [4.78, 5) is 4.59. The van der Waals surface area contributed by atoms with Gasteiger partial charge in [0.05, 0.1) is 6.61 Å². The van der Waals surface area contributed by atoms with Crippen molar-refractivity contribution in [3.63, 3.8) is 0 Å². The van der Waals surface area contributed by atoms with E-state index in [0.29, 0.717) is 0 Å². The van der Waals surface area contributed by atoms with Gasteiger partial charge in [-0.1, -0.05) is 148 Å². The van der Waals surface area contributed by atoms with Gasteiger partial charge in [-0.05, 0) is 6.42 Å². The molecule has 0 saturated carbocycles. The Morgan fingerprint density at radius 3 is 0.815 bits per heavy atom. The third-order valence-corrected chi connectivity index (χ3v) is 5.87. The molecule has 0 aromatic carbocycles. The van der Waals surface area contributed by atoms with Gasteiger partial charge >= 0.3 is 0 Å². The Bertz CT molecular complexity index is 220. The molecule has 2 N–H and O–H groups in total. The highest BCUT2D eigenvalue weighted by atomic mass is 16.6. The third kappa shape index (κ3) is 25.9. The van der Waals surface area contributed by atoms with Crippen molar-refractivity contribution >= 4 is 0 Å². The molecule has 2 heteroatoms. The van der Waals surface area contributed by atoms with Gasteiger partial charge in [-0.3, -0.25) is 0 Å². The molecule has 0 atom stereocenters. The Morgan fingerprint density at radius 2 is 0.593 bits per heavy atom. The van der Waals surface area contributed by atoms with E-state index in [2.05, 4.69) is 11.8 Å². The maximum absolute atomic E-state index is 5.02. The maximum Gasteiger partial charge on any atom is 0.0679 e. The van der Waals surface area contributed by atoms with Gasteiger partial charge in [-0.2, -0.15) is 0 Å². The number of unbranched alkanes of at least 4 members (excludes halogenated alkanes) is 22. The van der Waals surface area contributed by atoms with Crippen LogP contribution in [0.5, 0.6) is 0 Å². The molecule has 27 heavy (non-hydrogen) atoms. The van der Waals surface area contributed by atoms with E-state index >= 15 is 0 Å². The minimum atomic E-state index is 0.721. The fraction of sp³-hybridized carbons (Fsp3) is 1.00. The second-order valence-electron chi connectivity index (χ2n) is 8.65. The van der Waals surface area contributed by atoms with Crippen LogP contribution in [0.15, 0.2) is 0 Å². The SMILES string of the molecule is CCCCCCCCCCCCCCCCCCCCCCCCCON. The Hall–Kier alpha value is -0.0800. The molecule has 0 saturated heterocycles. The van der Waals surface area contributed by atoms with Crippen molar-refractivity contribution in [3.05, 3.63) is 0 Å². The van der Waals surface area contributed by atoms with Crippen molar-refractivity contribution < 1.29 is 4.84 Å². The Kier molecular flexibility index (Phi) is 25.8. The highest BCUT2D eigenvalue weighted by Crippen LogP contribution is 2.15. The molecular weight excluding hydrogens is 330 g/mol. The molecule has 0 aliphatic rings. The average molecular weight is 384 g/mol. The summed E-state index contributed by atoms with van der Waals surface area (Å²) in [6, 6.07) is 0. The van der Waals surface area contributed by atoms with E-state index in [1.807, 2.05) is 0 Å². The fourth-order valence-electron chi connectivity index (χ4n) is 3.97. The van der Waals surface area contributed by atoms with Crippen LogP contribution >= 0.6 is 0 Å². The Balaban J connectivity index is 2.95. The highest BCUT2D eigenvalue weighted by molar-refractivity contribution is 4.51. The van der Waals surface area contributed by atoms with Gasteiger partial charge in [0, 0.05) is 0 Å². The molecular formula is C25H53NO. The molecule has 2 nitrogen and oxygen atoms in total. The van der Waals surface area contributed by atoms with Crippen molar-refractivity contribution in [2.75, 3.05) is 6.61 Å². The lowest BCUT2D eigenvalue weighted by Gasteiger charge is -2.04. The summed E-state index contributed by atoms with van der Waals surface area (Å²) in [5, 5.41) is 0. The second kappa shape index (κ2) is 25.9. The molecule has 0 rings (SSSR count). The quantitative estimate of drug-likeness (QED) is 0.133. The molecule has 0 fully saturated rings. The maximum atomic E-state index is 5.02. The average Bonchev–Trinajstić information content (AvgIpc) is 2.68. The van der Waals surface area contributed by atoms with Crippen molar-refractivity contribution in [1.82, 2.24) is 0 Å². The molecule has 0 spiro atoms. The van der Waals surface area contributed by atoms with E-state index in [1.165, 1.54) is 141 Å². The van der Waals surface area contributed by atoms with Gasteiger partial charge in [0.25, 0.3) is 0 Å². The second-order valence-corrected chi connectivity index (χ2v) is 8.65. The van der Waals surface area contributed by atoms with Gasteiger partial charge < -0.3 is 4.84 Å². The van der Waals surface area contributed by atoms with Crippen molar-refractivity contribution in [1.29, 1.82) is 0 Å². The van der Waals surface area contributed by atoms with Crippen LogP contribution in [0.25, 0.3) is 0 Å². The molecule has 0 aliphatic heterocycles. The number of nitrogens with two attached hydrogens (primary N) is 1. The fourth-order valence-corrected chi connectivity index (χ4v) is 3.97. The van der Waals surface area contributed by atoms with E-state index < -0.39 is 0 Å². The van der Waals surface area contributed by atoms with Crippen molar-refractivity contribution in [2.45, 2.75) is 155 Å². The molecule has 164 valence electrons. The monoisotopic (exact) mass is 383 g/mol. The molecule has 0 amide bonds. The number of rotatable bonds is 24. The first-order chi connectivity index (χ1) is 13.4. The minimum absolute atomic E-state index is 0.721. The van der Waals surface area contributed by atoms with E-state index in [1.54, 1.807) is 0 Å². The molecule has 0 bridgehead atoms. The number of hydrogen-bond donors (Lipinski definition) is 1. The first-order valence-corrected chi connectivity index (χ1v) is 12.7. The largest absolute Gasteiger partial charge is 0.305 e. The van der Waals surface area contributed by atoms with Crippen LogP contribution in [0.1, 0.15) is 155 Å². The van der Waals surface area contributed by atoms with Gasteiger partial charge in [0.1, 0.15) is 0 Å². The van der Waals surface area contributed by atoms with Crippen LogP contribution in [-0.4, -0.2) is 6.61 Å². The van der Waals surface area contributed by atoms with Crippen LogP contribution in [-0.2, 0) is 4.84 Å². The van der Waals surface area contributed by atoms with Gasteiger partial charge in [0.15, 0.2) is 0 Å². The van der Waals surface area contributed by atoms with E-state index in [0.717, 1.165) is 13.0 Å². The summed E-state index contributed by atoms with van der Waals surface area (Å²) in [5.74, 6) is 5.02. The van der Waals surface area contributed by atoms with Gasteiger partial charge in [0.2, 0.25) is 0 Å². The molecule has 0 heterocycles. The van der Waals surface area contributed by atoms with E-state index in [4.69, 9.17) is 5.90 Å². The highest BCUT2D eigenvalue weighted by Gasteiger charge is 1.95. The zero-order valence-electron chi connectivity index (χ0n) is 19.0. The zero-order chi connectivity index (χ0) is 19.7. The topological polar surface area (TPSA) is 35.2 Å². The summed E-state index contributed by atoms with van der Waals surface area (Å²) in [7, 11) is 0. The van der Waals surface area contributed by atoms with Crippen molar-refractivity contribution in [2.24, 2.45) is 5.90 Å². The minimum Gasteiger partial charge on any atom is -0.305 e. The predicted molar refractivity (Wildman–Crippen MR) is 122 cm³/mol. The van der Waals surface area contributed by atoms with Crippen LogP contribution in [0, 0.1) is 0 Å². The molecule has 0 radical (unpaired) electrons. The standard InChI is InChI=1S/C25H53NO/c1-2-3-4-5-6-7-8-9-10-11-12-13-14-15-16-17-18-19-20-21-22-23-24-25-27-26/h2-26H2,1H3. The molecule has 0 aromatic heterocycles. The van der Waals surface area contributed by atoms with Gasteiger partial charge in [-0.15, -0.1) is 0 Å². The lowest BCUT2D eigenvalue weighted by atomic mass is 10.0. The smallest absolute Gasteiger partial charge is 0.0679 e. The first-order valence-electron chi connectivity index (χ1n) is 12.7. The predicted octanol–water partition coefficient (Wildman–Crippen LogP) is 8.87. The Labute approximate surface area is 172 Å². The summed E-state index contributed by atoms with van der Waals surface area (Å²) >= 11 is 0. The first kappa shape index (κ1) is 26.9. The van der Waals surface area contributed by atoms with E-state index in [9.17, 15) is 0 Å². The van der Waals surface area contributed by atoms with Gasteiger partial charge in [-0.25, -0.2) is 5.90 Å². The summed E-state index contributed by atoms with van der Waals surface area (Å²) in [6.45, 7) is 3.02. The lowest BCUT2D eigenvalue weighted by Crippen LogP contribution is -2.00. The molecule has 0 aliphatic carbocycles. The van der Waals surface area contributed by atoms with Crippen LogP contribution in [0.4, 0.5) is 0 Å². The Morgan fingerprint density at radius 1 is 0.370 bits per heavy atom. The lowest BCUT2D eigenvalue weighted by molar-refractivity contribution is 0.133. The van der Waals surface area contributed by atoms with Crippen LogP contribution in [0.2, 0.25) is 0 Å². The number of hydrogen-bond acceptors (Lipinski definition) is 2. The molecule has 0 aromatic rings. The normalized spacial score (nSPS) is 11.3. The van der Waals surface area contributed by atoms with E-state index in [-0.39, 0.29) is 0 Å². The van der Waals surface area contributed by atoms with Crippen LogP contribution in [0.3, 0.4) is 0 Å². The zero-order valence-corrected chi connectivity index (χ0v) is 19.0. The van der Waals surface area contributed by atoms with Crippen LogP contribution < -0.4 is 5.90 Å². The third-order valence-electron chi connectivity index (χ3n) is 5.87. The summed E-state index contributed by atoms with van der Waals surface area (Å²) in [6.07, 6.45) is 32.9. The molecule has 0 unspecified atom stereocenters.